The largest absolute Gasteiger partial charge is 0.506 e. The summed E-state index contributed by atoms with van der Waals surface area (Å²) in [4.78, 5) is 2.28. The number of aromatic hydroxyl groups is 1. The number of rotatable bonds is 3. The normalized spacial score (nSPS) is 18.1. The first-order valence-corrected chi connectivity index (χ1v) is 9.65. The molecule has 0 aliphatic carbocycles. The number of benzene rings is 1. The van der Waals surface area contributed by atoms with Gasteiger partial charge in [-0.15, -0.1) is 21.5 Å². The van der Waals surface area contributed by atoms with Gasteiger partial charge in [0.25, 0.3) is 0 Å². The minimum atomic E-state index is -1.03. The number of hydrogen-bond acceptors (Lipinski definition) is 6. The summed E-state index contributed by atoms with van der Waals surface area (Å²) >= 11 is 0.671. The van der Waals surface area contributed by atoms with Gasteiger partial charge in [0, 0.05) is 22.8 Å². The van der Waals surface area contributed by atoms with Crippen LogP contribution in [0, 0.1) is 17.9 Å². The number of anilines is 1. The molecule has 0 saturated carbocycles. The van der Waals surface area contributed by atoms with Crippen molar-refractivity contribution in [1.29, 1.82) is 0 Å². The predicted octanol–water partition coefficient (Wildman–Crippen LogP) is 4.16. The summed E-state index contributed by atoms with van der Waals surface area (Å²) in [5.74, 6) is -0.665. The number of thiophene rings is 1. The maximum atomic E-state index is 14.0. The molecule has 1 aromatic carbocycles. The lowest BCUT2D eigenvalue weighted by Gasteiger charge is -2.30. The van der Waals surface area contributed by atoms with Crippen LogP contribution in [0.15, 0.2) is 18.2 Å². The highest BCUT2D eigenvalue weighted by molar-refractivity contribution is 7.17. The van der Waals surface area contributed by atoms with Crippen LogP contribution in [0.4, 0.5) is 14.6 Å². The van der Waals surface area contributed by atoms with Gasteiger partial charge < -0.3 is 15.3 Å². The fourth-order valence-corrected chi connectivity index (χ4v) is 4.42. The van der Waals surface area contributed by atoms with Crippen LogP contribution in [-0.4, -0.2) is 46.4 Å². The first kappa shape index (κ1) is 18.1. The van der Waals surface area contributed by atoms with E-state index in [4.69, 9.17) is 0 Å². The third-order valence-corrected chi connectivity index (χ3v) is 5.87. The molecule has 0 spiro atoms. The standard InChI is InChI=1S/C19H20F2N4OS/c1-10-8-14(22-11-4-3-7-25(2)9-11)23-24-17(10)12-5-6-13-15(18(12)26)16(20)19(21)27-13/h5-6,8,11,26H,3-4,7,9H2,1-2H3,(H,22,23). The van der Waals surface area contributed by atoms with Crippen LogP contribution < -0.4 is 5.32 Å². The molecule has 2 N–H and O–H groups in total. The van der Waals surface area contributed by atoms with Crippen LogP contribution in [-0.2, 0) is 0 Å². The Bertz CT molecular complexity index is 1010. The SMILES string of the molecule is Cc1cc(NC2CCCN(C)C2)nnc1-c1ccc2sc(F)c(F)c2c1O. The van der Waals surface area contributed by atoms with Crippen molar-refractivity contribution in [2.75, 3.05) is 25.5 Å². The molecule has 8 heteroatoms. The van der Waals surface area contributed by atoms with Crippen LogP contribution in [0.1, 0.15) is 18.4 Å². The summed E-state index contributed by atoms with van der Waals surface area (Å²) in [6.45, 7) is 3.91. The summed E-state index contributed by atoms with van der Waals surface area (Å²) in [6.07, 6.45) is 2.21. The van der Waals surface area contributed by atoms with E-state index < -0.39 is 10.9 Å². The number of likely N-dealkylation sites (tertiary alicyclic amines) is 1. The average molecular weight is 390 g/mol. The highest BCUT2D eigenvalue weighted by Crippen LogP contribution is 2.41. The van der Waals surface area contributed by atoms with E-state index in [1.165, 1.54) is 0 Å². The van der Waals surface area contributed by atoms with Gasteiger partial charge in [0.15, 0.2) is 5.82 Å². The molecule has 27 heavy (non-hydrogen) atoms. The Hall–Kier alpha value is -2.32. The Morgan fingerprint density at radius 3 is 2.85 bits per heavy atom. The first-order valence-electron chi connectivity index (χ1n) is 8.83. The molecule has 1 aliphatic heterocycles. The smallest absolute Gasteiger partial charge is 0.213 e. The fourth-order valence-electron chi connectivity index (χ4n) is 3.62. The van der Waals surface area contributed by atoms with Gasteiger partial charge >= 0.3 is 0 Å². The van der Waals surface area contributed by atoms with Gasteiger partial charge in [-0.25, -0.2) is 4.39 Å². The number of likely N-dealkylation sites (N-methyl/N-ethyl adjacent to an activating group) is 1. The van der Waals surface area contributed by atoms with Crippen molar-refractivity contribution < 1.29 is 13.9 Å². The van der Waals surface area contributed by atoms with Crippen molar-refractivity contribution in [3.63, 3.8) is 0 Å². The Kier molecular flexibility index (Phi) is 4.69. The van der Waals surface area contributed by atoms with E-state index in [0.717, 1.165) is 31.5 Å². The van der Waals surface area contributed by atoms with Crippen molar-refractivity contribution in [3.8, 4) is 17.0 Å². The van der Waals surface area contributed by atoms with E-state index in [0.29, 0.717) is 39.2 Å². The molecule has 2 aromatic heterocycles. The van der Waals surface area contributed by atoms with Crippen LogP contribution in [0.5, 0.6) is 5.75 Å². The van der Waals surface area contributed by atoms with Crippen LogP contribution in [0.2, 0.25) is 0 Å². The minimum absolute atomic E-state index is 0.108. The van der Waals surface area contributed by atoms with Crippen molar-refractivity contribution in [1.82, 2.24) is 15.1 Å². The van der Waals surface area contributed by atoms with Crippen LogP contribution >= 0.6 is 11.3 Å². The van der Waals surface area contributed by atoms with E-state index in [9.17, 15) is 13.9 Å². The molecule has 4 rings (SSSR count). The third kappa shape index (κ3) is 3.35. The second kappa shape index (κ2) is 7.01. The molecular formula is C19H20F2N4OS. The third-order valence-electron chi connectivity index (χ3n) is 4.95. The molecule has 1 unspecified atom stereocenters. The van der Waals surface area contributed by atoms with Gasteiger partial charge in [-0.2, -0.15) is 4.39 Å². The topological polar surface area (TPSA) is 61.3 Å². The maximum Gasteiger partial charge on any atom is 0.213 e. The number of nitrogens with zero attached hydrogens (tertiary/aromatic N) is 3. The quantitative estimate of drug-likeness (QED) is 0.703. The molecule has 1 fully saturated rings. The van der Waals surface area contributed by atoms with E-state index in [1.807, 2.05) is 13.0 Å². The number of phenols is 1. The zero-order chi connectivity index (χ0) is 19.1. The van der Waals surface area contributed by atoms with Crippen LogP contribution in [0.25, 0.3) is 21.3 Å². The van der Waals surface area contributed by atoms with Gasteiger partial charge in [0.05, 0.1) is 11.1 Å². The highest BCUT2D eigenvalue weighted by atomic mass is 32.1. The number of nitrogens with one attached hydrogen (secondary N) is 1. The number of fused-ring (bicyclic) bond motifs is 1. The van der Waals surface area contributed by atoms with E-state index in [2.05, 4.69) is 27.5 Å². The number of piperidine rings is 1. The minimum Gasteiger partial charge on any atom is -0.506 e. The maximum absolute atomic E-state index is 14.0. The summed E-state index contributed by atoms with van der Waals surface area (Å²) in [7, 11) is 2.10. The summed E-state index contributed by atoms with van der Waals surface area (Å²) < 4.78 is 27.9. The molecule has 5 nitrogen and oxygen atoms in total. The Morgan fingerprint density at radius 2 is 2.11 bits per heavy atom. The lowest BCUT2D eigenvalue weighted by Crippen LogP contribution is -2.39. The molecule has 3 heterocycles. The van der Waals surface area contributed by atoms with Crippen molar-refractivity contribution in [2.24, 2.45) is 0 Å². The molecule has 0 amide bonds. The van der Waals surface area contributed by atoms with Gasteiger partial charge in [-0.05, 0) is 57.1 Å². The van der Waals surface area contributed by atoms with Crippen molar-refractivity contribution in [3.05, 3.63) is 34.7 Å². The first-order chi connectivity index (χ1) is 12.9. The monoisotopic (exact) mass is 390 g/mol. The number of hydrogen-bond donors (Lipinski definition) is 2. The van der Waals surface area contributed by atoms with Crippen molar-refractivity contribution in [2.45, 2.75) is 25.8 Å². The van der Waals surface area contributed by atoms with E-state index >= 15 is 0 Å². The van der Waals surface area contributed by atoms with Gasteiger partial charge in [-0.3, -0.25) is 0 Å². The molecule has 0 bridgehead atoms. The van der Waals surface area contributed by atoms with Gasteiger partial charge in [-0.1, -0.05) is 0 Å². The predicted molar refractivity (Wildman–Crippen MR) is 103 cm³/mol. The molecule has 1 atom stereocenters. The van der Waals surface area contributed by atoms with Crippen molar-refractivity contribution >= 4 is 27.2 Å². The number of halogens is 2. The molecule has 3 aromatic rings. The highest BCUT2D eigenvalue weighted by Gasteiger charge is 2.21. The number of aromatic nitrogens is 2. The van der Waals surface area contributed by atoms with Gasteiger partial charge in [0.1, 0.15) is 11.6 Å². The number of phenolic OH excluding ortho intramolecular Hbond substituents is 1. The lowest BCUT2D eigenvalue weighted by atomic mass is 10.0. The molecule has 142 valence electrons. The molecular weight excluding hydrogens is 370 g/mol. The second-order valence-electron chi connectivity index (χ2n) is 7.03. The Balaban J connectivity index is 1.66. The zero-order valence-electron chi connectivity index (χ0n) is 15.1. The second-order valence-corrected chi connectivity index (χ2v) is 8.03. The molecule has 1 saturated heterocycles. The number of aryl methyl sites for hydroxylation is 1. The van der Waals surface area contributed by atoms with E-state index in [-0.39, 0.29) is 11.1 Å². The molecule has 1 aliphatic rings. The summed E-state index contributed by atoms with van der Waals surface area (Å²) in [6, 6.07) is 5.39. The van der Waals surface area contributed by atoms with E-state index in [1.54, 1.807) is 12.1 Å². The van der Waals surface area contributed by atoms with Gasteiger partial charge in [0.2, 0.25) is 5.13 Å². The zero-order valence-corrected chi connectivity index (χ0v) is 15.9. The Labute approximate surface area is 159 Å². The summed E-state index contributed by atoms with van der Waals surface area (Å²) in [5, 5.41) is 21.3. The average Bonchev–Trinajstić information content (AvgIpc) is 2.91. The molecule has 0 radical (unpaired) electrons. The fraction of sp³-hybridized carbons (Fsp3) is 0.368. The van der Waals surface area contributed by atoms with Crippen LogP contribution in [0.3, 0.4) is 0 Å². The summed E-state index contributed by atoms with van der Waals surface area (Å²) in [5.41, 5.74) is 1.59. The Morgan fingerprint density at radius 1 is 1.30 bits per heavy atom. The lowest BCUT2D eigenvalue weighted by molar-refractivity contribution is 0.260.